The summed E-state index contributed by atoms with van der Waals surface area (Å²) in [6, 6.07) is 7.59. The fourth-order valence-electron chi connectivity index (χ4n) is 2.25. The molecule has 2 heterocycles. The quantitative estimate of drug-likeness (QED) is 0.856. The van der Waals surface area contributed by atoms with E-state index in [-0.39, 0.29) is 5.91 Å². The molecule has 0 aliphatic carbocycles. The number of methoxy groups -OCH3 is 1. The van der Waals surface area contributed by atoms with Crippen LogP contribution in [0.2, 0.25) is 0 Å². The van der Waals surface area contributed by atoms with Crippen molar-refractivity contribution < 1.29 is 9.53 Å². The Balaban J connectivity index is 1.80. The third kappa shape index (κ3) is 2.17. The summed E-state index contributed by atoms with van der Waals surface area (Å²) in [5, 5.41) is 1.84. The number of anilines is 1. The number of hydrogen-bond acceptors (Lipinski definition) is 4. The zero-order valence-electron chi connectivity index (χ0n) is 10.6. The van der Waals surface area contributed by atoms with Gasteiger partial charge >= 0.3 is 0 Å². The van der Waals surface area contributed by atoms with Crippen LogP contribution < -0.4 is 10.5 Å². The predicted octanol–water partition coefficient (Wildman–Crippen LogP) is 2.49. The molecule has 1 aliphatic rings. The number of hydrogen-bond donors (Lipinski definition) is 1. The molecule has 2 aromatic rings. The van der Waals surface area contributed by atoms with Gasteiger partial charge in [0.25, 0.3) is 5.91 Å². The van der Waals surface area contributed by atoms with Crippen LogP contribution in [-0.4, -0.2) is 17.9 Å². The molecule has 0 radical (unpaired) electrons. The zero-order chi connectivity index (χ0) is 13.4. The molecule has 0 unspecified atom stereocenters. The van der Waals surface area contributed by atoms with Crippen LogP contribution in [0, 0.1) is 0 Å². The molecular formula is C14H14N2O2S. The molecule has 4 nitrogen and oxygen atoms in total. The number of fused-ring (bicyclic) bond motifs is 1. The fraction of sp³-hybridized carbons (Fsp3) is 0.214. The van der Waals surface area contributed by atoms with Gasteiger partial charge in [-0.15, -0.1) is 11.3 Å². The Morgan fingerprint density at radius 1 is 1.32 bits per heavy atom. The van der Waals surface area contributed by atoms with Crippen molar-refractivity contribution in [1.29, 1.82) is 0 Å². The molecule has 1 aromatic heterocycles. The minimum Gasteiger partial charge on any atom is -0.496 e. The molecule has 19 heavy (non-hydrogen) atoms. The molecule has 3 rings (SSSR count). The van der Waals surface area contributed by atoms with Gasteiger partial charge in [0.1, 0.15) is 5.75 Å². The lowest BCUT2D eigenvalue weighted by Crippen LogP contribution is -2.24. The maximum absolute atomic E-state index is 12.4. The van der Waals surface area contributed by atoms with Crippen molar-refractivity contribution in [3.63, 3.8) is 0 Å². The first kappa shape index (κ1) is 12.0. The van der Waals surface area contributed by atoms with Crippen LogP contribution in [0.15, 0.2) is 29.6 Å². The van der Waals surface area contributed by atoms with Gasteiger partial charge in [0.05, 0.1) is 12.0 Å². The Labute approximate surface area is 115 Å². The Bertz CT molecular complexity index is 636. The number of nitrogens with two attached hydrogens (primary N) is 1. The van der Waals surface area contributed by atoms with Crippen molar-refractivity contribution in [3.8, 4) is 5.75 Å². The van der Waals surface area contributed by atoms with E-state index in [0.29, 0.717) is 18.0 Å². The molecule has 98 valence electrons. The molecule has 2 N–H and O–H groups in total. The first-order valence-electron chi connectivity index (χ1n) is 5.96. The minimum absolute atomic E-state index is 0.0445. The van der Waals surface area contributed by atoms with Gasteiger partial charge in [-0.1, -0.05) is 6.07 Å². The molecule has 0 bridgehead atoms. The lowest BCUT2D eigenvalue weighted by molar-refractivity contribution is 0.0756. The molecule has 0 saturated heterocycles. The highest BCUT2D eigenvalue weighted by Crippen LogP contribution is 2.29. The average molecular weight is 274 g/mol. The van der Waals surface area contributed by atoms with Gasteiger partial charge in [-0.2, -0.15) is 0 Å². The number of amides is 1. The molecular weight excluding hydrogens is 260 g/mol. The highest BCUT2D eigenvalue weighted by atomic mass is 32.1. The van der Waals surface area contributed by atoms with Crippen LogP contribution in [0.25, 0.3) is 0 Å². The van der Waals surface area contributed by atoms with Crippen LogP contribution in [0.4, 0.5) is 5.69 Å². The lowest BCUT2D eigenvalue weighted by Gasteiger charge is -2.13. The second-order valence-corrected chi connectivity index (χ2v) is 5.45. The normalized spacial score (nSPS) is 13.4. The van der Waals surface area contributed by atoms with Crippen molar-refractivity contribution in [2.24, 2.45) is 0 Å². The van der Waals surface area contributed by atoms with Gasteiger partial charge in [-0.25, -0.2) is 0 Å². The van der Waals surface area contributed by atoms with E-state index in [4.69, 9.17) is 10.5 Å². The highest BCUT2D eigenvalue weighted by molar-refractivity contribution is 7.12. The largest absolute Gasteiger partial charge is 0.496 e. The number of nitrogen functional groups attached to an aromatic ring is 1. The standard InChI is InChI=1S/C14H14N2O2S/c1-18-12-5-13(19-8-12)14(17)16-6-9-2-3-11(15)4-10(9)7-16/h2-5,8H,6-7,15H2,1H3. The Kier molecular flexibility index (Phi) is 2.91. The smallest absolute Gasteiger partial charge is 0.264 e. The predicted molar refractivity (Wildman–Crippen MR) is 75.3 cm³/mol. The SMILES string of the molecule is COc1csc(C(=O)N2Cc3ccc(N)cc3C2)c1. The summed E-state index contributed by atoms with van der Waals surface area (Å²) < 4.78 is 5.11. The van der Waals surface area contributed by atoms with Gasteiger partial charge in [-0.05, 0) is 23.3 Å². The molecule has 5 heteroatoms. The summed E-state index contributed by atoms with van der Waals surface area (Å²) >= 11 is 1.41. The summed E-state index contributed by atoms with van der Waals surface area (Å²) in [6.45, 7) is 1.27. The maximum Gasteiger partial charge on any atom is 0.264 e. The third-order valence-electron chi connectivity index (χ3n) is 3.26. The van der Waals surface area contributed by atoms with Crippen molar-refractivity contribution in [1.82, 2.24) is 4.90 Å². The molecule has 1 aromatic carbocycles. The topological polar surface area (TPSA) is 55.6 Å². The number of carbonyl (C=O) groups is 1. The molecule has 0 saturated carbocycles. The second-order valence-electron chi connectivity index (χ2n) is 4.54. The first-order chi connectivity index (χ1) is 9.17. The number of ether oxygens (including phenoxy) is 1. The summed E-state index contributed by atoms with van der Waals surface area (Å²) in [5.41, 5.74) is 8.82. The number of nitrogens with zero attached hydrogens (tertiary/aromatic N) is 1. The van der Waals surface area contributed by atoms with Crippen LogP contribution in [-0.2, 0) is 13.1 Å². The summed E-state index contributed by atoms with van der Waals surface area (Å²) in [7, 11) is 1.60. The van der Waals surface area contributed by atoms with Crippen molar-refractivity contribution in [2.75, 3.05) is 12.8 Å². The highest BCUT2D eigenvalue weighted by Gasteiger charge is 2.25. The van der Waals surface area contributed by atoms with Crippen molar-refractivity contribution in [2.45, 2.75) is 13.1 Å². The van der Waals surface area contributed by atoms with Gasteiger partial charge < -0.3 is 15.4 Å². The van der Waals surface area contributed by atoms with E-state index in [1.54, 1.807) is 13.2 Å². The second kappa shape index (κ2) is 4.59. The number of benzene rings is 1. The van der Waals surface area contributed by atoms with Gasteiger partial charge in [-0.3, -0.25) is 4.79 Å². The van der Waals surface area contributed by atoms with Crippen LogP contribution in [0.1, 0.15) is 20.8 Å². The Morgan fingerprint density at radius 3 is 2.84 bits per heavy atom. The van der Waals surface area contributed by atoms with Crippen molar-refractivity contribution in [3.05, 3.63) is 45.6 Å². The van der Waals surface area contributed by atoms with E-state index in [0.717, 1.165) is 17.0 Å². The molecule has 0 fully saturated rings. The van der Waals surface area contributed by atoms with Crippen LogP contribution in [0.3, 0.4) is 0 Å². The van der Waals surface area contributed by atoms with E-state index >= 15 is 0 Å². The van der Waals surface area contributed by atoms with Crippen LogP contribution >= 0.6 is 11.3 Å². The van der Waals surface area contributed by atoms with E-state index in [1.165, 1.54) is 16.9 Å². The van der Waals surface area contributed by atoms with Gasteiger partial charge in [0.2, 0.25) is 0 Å². The Hall–Kier alpha value is -2.01. The molecule has 0 atom stereocenters. The summed E-state index contributed by atoms with van der Waals surface area (Å²) in [5.74, 6) is 0.775. The third-order valence-corrected chi connectivity index (χ3v) is 4.16. The van der Waals surface area contributed by atoms with E-state index < -0.39 is 0 Å². The monoisotopic (exact) mass is 274 g/mol. The molecule has 0 spiro atoms. The van der Waals surface area contributed by atoms with Crippen LogP contribution in [0.5, 0.6) is 5.75 Å². The Morgan fingerprint density at radius 2 is 2.11 bits per heavy atom. The average Bonchev–Trinajstić information content (AvgIpc) is 3.03. The van der Waals surface area contributed by atoms with E-state index in [9.17, 15) is 4.79 Å². The number of thiophene rings is 1. The fourth-order valence-corrected chi connectivity index (χ4v) is 3.07. The van der Waals surface area contributed by atoms with Crippen molar-refractivity contribution >= 4 is 22.9 Å². The summed E-state index contributed by atoms with van der Waals surface area (Å²) in [4.78, 5) is 14.9. The number of rotatable bonds is 2. The molecule has 1 aliphatic heterocycles. The van der Waals surface area contributed by atoms with E-state index in [2.05, 4.69) is 0 Å². The zero-order valence-corrected chi connectivity index (χ0v) is 11.4. The minimum atomic E-state index is 0.0445. The maximum atomic E-state index is 12.4. The van der Waals surface area contributed by atoms with E-state index in [1.807, 2.05) is 28.5 Å². The first-order valence-corrected chi connectivity index (χ1v) is 6.84. The lowest BCUT2D eigenvalue weighted by atomic mass is 10.1. The summed E-state index contributed by atoms with van der Waals surface area (Å²) in [6.07, 6.45) is 0. The van der Waals surface area contributed by atoms with Gasteiger partial charge in [0, 0.05) is 30.2 Å². The molecule has 1 amide bonds. The number of carbonyl (C=O) groups excluding carboxylic acids is 1. The van der Waals surface area contributed by atoms with Gasteiger partial charge in [0.15, 0.2) is 0 Å².